The van der Waals surface area contributed by atoms with Gasteiger partial charge in [-0.2, -0.15) is 5.10 Å². The van der Waals surface area contributed by atoms with Crippen LogP contribution in [0.3, 0.4) is 0 Å². The van der Waals surface area contributed by atoms with Gasteiger partial charge in [-0.3, -0.25) is 4.79 Å². The van der Waals surface area contributed by atoms with Gasteiger partial charge in [-0.05, 0) is 72.8 Å². The highest BCUT2D eigenvalue weighted by Gasteiger charge is 2.16. The molecule has 1 amide bonds. The van der Waals surface area contributed by atoms with Crippen LogP contribution in [0, 0.1) is 17.4 Å². The van der Waals surface area contributed by atoms with Crippen molar-refractivity contribution in [3.8, 4) is 5.69 Å². The van der Waals surface area contributed by atoms with E-state index in [1.54, 1.807) is 0 Å². The van der Waals surface area contributed by atoms with Gasteiger partial charge in [0.1, 0.15) is 0 Å². The maximum absolute atomic E-state index is 12.4. The summed E-state index contributed by atoms with van der Waals surface area (Å²) in [5.74, 6) is -0.0324. The van der Waals surface area contributed by atoms with Crippen LogP contribution in [0.15, 0.2) is 54.6 Å². The lowest BCUT2D eigenvalue weighted by Crippen LogP contribution is -2.15. The lowest BCUT2D eigenvalue weighted by Gasteiger charge is -2.07. The summed E-state index contributed by atoms with van der Waals surface area (Å²) in [6.07, 6.45) is 0.316. The Balaban J connectivity index is 1.79. The van der Waals surface area contributed by atoms with E-state index in [9.17, 15) is 4.79 Å². The molecule has 0 fully saturated rings. The highest BCUT2D eigenvalue weighted by Crippen LogP contribution is 2.19. The van der Waals surface area contributed by atoms with Crippen LogP contribution in [0.5, 0.6) is 0 Å². The summed E-state index contributed by atoms with van der Waals surface area (Å²) in [6.45, 7) is 3.94. The molecule has 0 aliphatic carbocycles. The molecule has 2 aromatic carbocycles. The minimum atomic E-state index is -0.0324. The number of para-hydroxylation sites is 1. The Morgan fingerprint density at radius 3 is 2.42 bits per heavy atom. The minimum Gasteiger partial charge on any atom is -0.326 e. The van der Waals surface area contributed by atoms with Crippen molar-refractivity contribution in [2.45, 2.75) is 20.3 Å². The number of rotatable bonds is 4. The van der Waals surface area contributed by atoms with Gasteiger partial charge in [0, 0.05) is 20.5 Å². The number of aromatic nitrogens is 2. The summed E-state index contributed by atoms with van der Waals surface area (Å²) in [4.78, 5) is 12.4. The predicted octanol–water partition coefficient (Wildman–Crippen LogP) is 4.27. The summed E-state index contributed by atoms with van der Waals surface area (Å²) < 4.78 is 3.03. The van der Waals surface area contributed by atoms with E-state index in [2.05, 4.69) is 33.0 Å². The van der Waals surface area contributed by atoms with Gasteiger partial charge in [0.15, 0.2) is 0 Å². The molecule has 0 bridgehead atoms. The van der Waals surface area contributed by atoms with Crippen molar-refractivity contribution >= 4 is 34.2 Å². The van der Waals surface area contributed by atoms with Crippen molar-refractivity contribution in [1.82, 2.24) is 9.78 Å². The van der Waals surface area contributed by atoms with Crippen molar-refractivity contribution in [2.24, 2.45) is 0 Å². The van der Waals surface area contributed by atoms with Crippen molar-refractivity contribution in [1.29, 1.82) is 0 Å². The number of amides is 1. The van der Waals surface area contributed by atoms with Gasteiger partial charge in [0.2, 0.25) is 5.91 Å². The Hall–Kier alpha value is -2.15. The molecule has 4 nitrogen and oxygen atoms in total. The van der Waals surface area contributed by atoms with E-state index in [0.717, 1.165) is 31.9 Å². The van der Waals surface area contributed by atoms with Crippen LogP contribution in [0.1, 0.15) is 17.0 Å². The fourth-order valence-electron chi connectivity index (χ4n) is 2.65. The van der Waals surface area contributed by atoms with Crippen LogP contribution in [-0.4, -0.2) is 15.7 Å². The van der Waals surface area contributed by atoms with Crippen LogP contribution in [0.25, 0.3) is 5.69 Å². The molecule has 0 aliphatic rings. The molecule has 0 atom stereocenters. The first-order chi connectivity index (χ1) is 11.5. The summed E-state index contributed by atoms with van der Waals surface area (Å²) in [7, 11) is 0. The van der Waals surface area contributed by atoms with Gasteiger partial charge < -0.3 is 5.32 Å². The Morgan fingerprint density at radius 2 is 1.75 bits per heavy atom. The fraction of sp³-hybridized carbons (Fsp3) is 0.158. The molecule has 0 spiro atoms. The predicted molar refractivity (Wildman–Crippen MR) is 105 cm³/mol. The van der Waals surface area contributed by atoms with Crippen LogP contribution in [0.2, 0.25) is 0 Å². The smallest absolute Gasteiger partial charge is 0.228 e. The van der Waals surface area contributed by atoms with Gasteiger partial charge in [-0.1, -0.05) is 18.2 Å². The number of nitrogens with one attached hydrogen (secondary N) is 1. The molecule has 24 heavy (non-hydrogen) atoms. The van der Waals surface area contributed by atoms with Crippen LogP contribution in [-0.2, 0) is 11.2 Å². The lowest BCUT2D eigenvalue weighted by molar-refractivity contribution is -0.115. The summed E-state index contributed by atoms with van der Waals surface area (Å²) in [5, 5.41) is 7.53. The number of benzene rings is 2. The van der Waals surface area contributed by atoms with Crippen LogP contribution in [0.4, 0.5) is 5.69 Å². The zero-order valence-corrected chi connectivity index (χ0v) is 15.7. The molecular formula is C19H18IN3O. The van der Waals surface area contributed by atoms with Gasteiger partial charge in [0.05, 0.1) is 17.8 Å². The second-order valence-corrected chi connectivity index (χ2v) is 6.87. The molecule has 3 aromatic rings. The second kappa shape index (κ2) is 7.17. The van der Waals surface area contributed by atoms with Gasteiger partial charge in [0.25, 0.3) is 0 Å². The number of aryl methyl sites for hydroxylation is 1. The number of hydrogen-bond acceptors (Lipinski definition) is 2. The molecule has 0 saturated heterocycles. The van der Waals surface area contributed by atoms with E-state index in [1.165, 1.54) is 0 Å². The highest BCUT2D eigenvalue weighted by atomic mass is 127. The zero-order chi connectivity index (χ0) is 17.1. The van der Waals surface area contributed by atoms with E-state index >= 15 is 0 Å². The molecule has 0 radical (unpaired) electrons. The first kappa shape index (κ1) is 16.7. The van der Waals surface area contributed by atoms with Crippen molar-refractivity contribution in [3.63, 3.8) is 0 Å². The first-order valence-electron chi connectivity index (χ1n) is 7.70. The third kappa shape index (κ3) is 3.67. The largest absolute Gasteiger partial charge is 0.326 e. The van der Waals surface area contributed by atoms with Gasteiger partial charge in [-0.15, -0.1) is 0 Å². The molecule has 1 N–H and O–H groups in total. The summed E-state index contributed by atoms with van der Waals surface area (Å²) in [6, 6.07) is 17.7. The Morgan fingerprint density at radius 1 is 1.08 bits per heavy atom. The quantitative estimate of drug-likeness (QED) is 0.628. The fourth-order valence-corrected chi connectivity index (χ4v) is 3.01. The summed E-state index contributed by atoms with van der Waals surface area (Å²) in [5.41, 5.74) is 4.67. The normalized spacial score (nSPS) is 10.6. The third-order valence-electron chi connectivity index (χ3n) is 3.91. The van der Waals surface area contributed by atoms with E-state index < -0.39 is 0 Å². The van der Waals surface area contributed by atoms with Crippen molar-refractivity contribution in [2.75, 3.05) is 5.32 Å². The third-order valence-corrected chi connectivity index (χ3v) is 4.63. The van der Waals surface area contributed by atoms with E-state index in [4.69, 9.17) is 0 Å². The molecule has 1 aromatic heterocycles. The number of carbonyl (C=O) groups is 1. The minimum absolute atomic E-state index is 0.0324. The monoisotopic (exact) mass is 431 g/mol. The Bertz CT molecular complexity index is 854. The topological polar surface area (TPSA) is 46.9 Å². The van der Waals surface area contributed by atoms with Gasteiger partial charge >= 0.3 is 0 Å². The molecular weight excluding hydrogens is 413 g/mol. The van der Waals surface area contributed by atoms with Crippen molar-refractivity contribution in [3.05, 3.63) is 75.1 Å². The average Bonchev–Trinajstić information content (AvgIpc) is 2.86. The van der Waals surface area contributed by atoms with E-state index in [0.29, 0.717) is 6.42 Å². The zero-order valence-electron chi connectivity index (χ0n) is 13.6. The molecule has 0 unspecified atom stereocenters. The van der Waals surface area contributed by atoms with E-state index in [-0.39, 0.29) is 5.91 Å². The first-order valence-corrected chi connectivity index (χ1v) is 8.78. The number of carbonyl (C=O) groups excluding carboxylic acids is 1. The Kier molecular flexibility index (Phi) is 4.99. The highest BCUT2D eigenvalue weighted by molar-refractivity contribution is 14.1. The maximum atomic E-state index is 12.4. The SMILES string of the molecule is Cc1nn(-c2ccccc2)c(C)c1CC(=O)Nc1ccc(I)cc1. The van der Waals surface area contributed by atoms with Crippen molar-refractivity contribution < 1.29 is 4.79 Å². The standard InChI is InChI=1S/C19H18IN3O/c1-13-18(12-19(24)21-16-10-8-15(20)9-11-16)14(2)23(22-13)17-6-4-3-5-7-17/h3-11H,12H2,1-2H3,(H,21,24). The van der Waals surface area contributed by atoms with Crippen LogP contribution >= 0.6 is 22.6 Å². The van der Waals surface area contributed by atoms with Crippen LogP contribution < -0.4 is 5.32 Å². The second-order valence-electron chi connectivity index (χ2n) is 5.63. The molecule has 0 saturated carbocycles. The molecule has 122 valence electrons. The molecule has 0 aliphatic heterocycles. The lowest BCUT2D eigenvalue weighted by atomic mass is 10.1. The van der Waals surface area contributed by atoms with E-state index in [1.807, 2.05) is 73.1 Å². The maximum Gasteiger partial charge on any atom is 0.228 e. The Labute approximate surface area is 155 Å². The number of halogens is 1. The number of nitrogens with zero attached hydrogens (tertiary/aromatic N) is 2. The number of hydrogen-bond donors (Lipinski definition) is 1. The molecule has 5 heteroatoms. The number of anilines is 1. The molecule has 1 heterocycles. The average molecular weight is 431 g/mol. The van der Waals surface area contributed by atoms with Gasteiger partial charge in [-0.25, -0.2) is 4.68 Å². The molecule has 3 rings (SSSR count). The summed E-state index contributed by atoms with van der Waals surface area (Å²) >= 11 is 2.24.